The first-order valence-corrected chi connectivity index (χ1v) is 10.7. The van der Waals surface area contributed by atoms with Crippen molar-refractivity contribution in [3.8, 4) is 17.0 Å². The Balaban J connectivity index is 1.40. The second-order valence-corrected chi connectivity index (χ2v) is 9.56. The number of H-pyrrole nitrogens is 1. The number of amides is 1. The zero-order valence-electron chi connectivity index (χ0n) is 17.9. The summed E-state index contributed by atoms with van der Waals surface area (Å²) in [5.74, 6) is 0.155. The molecule has 0 radical (unpaired) electrons. The fourth-order valence-electron chi connectivity index (χ4n) is 4.96. The number of phenolic OH excluding ortho intramolecular Hbond substituents is 1. The van der Waals surface area contributed by atoms with Gasteiger partial charge in [0.15, 0.2) is 0 Å². The first-order valence-electron chi connectivity index (χ1n) is 10.7. The minimum Gasteiger partial charge on any atom is -0.508 e. The molecule has 0 fully saturated rings. The summed E-state index contributed by atoms with van der Waals surface area (Å²) in [5, 5.41) is 27.3. The molecule has 0 saturated carbocycles. The zero-order valence-corrected chi connectivity index (χ0v) is 17.9. The van der Waals surface area contributed by atoms with Crippen molar-refractivity contribution in [2.45, 2.75) is 45.7 Å². The number of carbonyl (C=O) groups excluding carboxylic acids is 1. The molecule has 0 unspecified atom stereocenters. The molecule has 6 heteroatoms. The van der Waals surface area contributed by atoms with Crippen molar-refractivity contribution in [1.82, 2.24) is 15.1 Å². The largest absolute Gasteiger partial charge is 0.508 e. The second-order valence-electron chi connectivity index (χ2n) is 9.56. The lowest BCUT2D eigenvalue weighted by Crippen LogP contribution is -2.39. The third-order valence-electron chi connectivity index (χ3n) is 6.53. The number of aromatic nitrogens is 2. The number of rotatable bonds is 5. The summed E-state index contributed by atoms with van der Waals surface area (Å²) in [4.78, 5) is 14.8. The standard InChI is InChI=1S/C25H27N3O3/c1-25(2)11-21-22(12-25)26-27-23(21)16-5-8-20-17(10-16)13-28(24(20)31)18(14-29)9-15-3-6-19(30)7-4-15/h3-8,10,18,29-30H,9,11-14H2,1-2H3,(H,26,27)/t18-/m0/s1. The number of aliphatic hydroxyl groups is 1. The Morgan fingerprint density at radius 2 is 1.94 bits per heavy atom. The number of phenols is 1. The molecular weight excluding hydrogens is 390 g/mol. The molecule has 1 atom stereocenters. The quantitative estimate of drug-likeness (QED) is 0.593. The van der Waals surface area contributed by atoms with E-state index in [9.17, 15) is 15.0 Å². The molecule has 0 bridgehead atoms. The Morgan fingerprint density at radius 1 is 1.16 bits per heavy atom. The first-order chi connectivity index (χ1) is 14.8. The predicted octanol–water partition coefficient (Wildman–Crippen LogP) is 3.47. The molecule has 1 aliphatic heterocycles. The highest BCUT2D eigenvalue weighted by atomic mass is 16.3. The molecule has 2 aromatic carbocycles. The van der Waals surface area contributed by atoms with Gasteiger partial charge in [0, 0.05) is 28.9 Å². The van der Waals surface area contributed by atoms with Crippen LogP contribution in [0.3, 0.4) is 0 Å². The van der Waals surface area contributed by atoms with E-state index < -0.39 is 0 Å². The molecule has 1 aromatic heterocycles. The van der Waals surface area contributed by atoms with Crippen LogP contribution in [0, 0.1) is 5.41 Å². The minimum atomic E-state index is -0.316. The summed E-state index contributed by atoms with van der Waals surface area (Å²) in [6.07, 6.45) is 2.53. The lowest BCUT2D eigenvalue weighted by molar-refractivity contribution is 0.0618. The van der Waals surface area contributed by atoms with Crippen LogP contribution < -0.4 is 0 Å². The van der Waals surface area contributed by atoms with Crippen molar-refractivity contribution < 1.29 is 15.0 Å². The highest BCUT2D eigenvalue weighted by molar-refractivity contribution is 5.99. The third-order valence-corrected chi connectivity index (χ3v) is 6.53. The highest BCUT2D eigenvalue weighted by Crippen LogP contribution is 2.40. The topological polar surface area (TPSA) is 89.5 Å². The molecule has 3 N–H and O–H groups in total. The highest BCUT2D eigenvalue weighted by Gasteiger charge is 2.35. The Bertz CT molecular complexity index is 1150. The van der Waals surface area contributed by atoms with Crippen LogP contribution in [-0.4, -0.2) is 43.9 Å². The molecule has 6 nitrogen and oxygen atoms in total. The van der Waals surface area contributed by atoms with E-state index in [2.05, 4.69) is 30.1 Å². The van der Waals surface area contributed by atoms with Crippen molar-refractivity contribution in [3.63, 3.8) is 0 Å². The molecule has 1 aliphatic carbocycles. The third kappa shape index (κ3) is 3.51. The van der Waals surface area contributed by atoms with E-state index in [0.717, 1.165) is 35.2 Å². The van der Waals surface area contributed by atoms with Crippen LogP contribution in [0.4, 0.5) is 0 Å². The molecule has 31 heavy (non-hydrogen) atoms. The summed E-state index contributed by atoms with van der Waals surface area (Å²) >= 11 is 0. The Kier molecular flexibility index (Phi) is 4.63. The maximum Gasteiger partial charge on any atom is 0.254 e. The molecule has 2 heterocycles. The summed E-state index contributed by atoms with van der Waals surface area (Å²) in [6.45, 7) is 4.90. The van der Waals surface area contributed by atoms with Crippen molar-refractivity contribution in [1.29, 1.82) is 0 Å². The summed E-state index contributed by atoms with van der Waals surface area (Å²) in [5.41, 5.74) is 7.39. The second kappa shape index (κ2) is 7.24. The van der Waals surface area contributed by atoms with Gasteiger partial charge in [-0.1, -0.05) is 32.0 Å². The molecule has 1 amide bonds. The summed E-state index contributed by atoms with van der Waals surface area (Å²) in [6, 6.07) is 12.5. The minimum absolute atomic E-state index is 0.0484. The van der Waals surface area contributed by atoms with E-state index in [0.29, 0.717) is 18.5 Å². The normalized spacial score (nSPS) is 17.6. The van der Waals surface area contributed by atoms with Gasteiger partial charge in [0.1, 0.15) is 5.75 Å². The van der Waals surface area contributed by atoms with Gasteiger partial charge >= 0.3 is 0 Å². The van der Waals surface area contributed by atoms with Crippen molar-refractivity contribution in [2.24, 2.45) is 5.41 Å². The van der Waals surface area contributed by atoms with Gasteiger partial charge in [0.05, 0.1) is 18.3 Å². The van der Waals surface area contributed by atoms with Crippen LogP contribution in [0.25, 0.3) is 11.3 Å². The van der Waals surface area contributed by atoms with Gasteiger partial charge in [0.2, 0.25) is 0 Å². The lowest BCUT2D eigenvalue weighted by Gasteiger charge is -2.26. The maximum absolute atomic E-state index is 13.1. The van der Waals surface area contributed by atoms with Crippen LogP contribution in [0.2, 0.25) is 0 Å². The first kappa shape index (κ1) is 19.8. The van der Waals surface area contributed by atoms with Gasteiger partial charge in [0.25, 0.3) is 5.91 Å². The van der Waals surface area contributed by atoms with Crippen LogP contribution in [0.1, 0.15) is 46.6 Å². The predicted molar refractivity (Wildman–Crippen MR) is 118 cm³/mol. The van der Waals surface area contributed by atoms with Gasteiger partial charge in [-0.3, -0.25) is 9.89 Å². The SMILES string of the molecule is CC1(C)Cc2[nH]nc(-c3ccc4c(c3)CN([C@H](CO)Cc3ccc(O)cc3)C4=O)c2C1. The molecule has 0 saturated heterocycles. The van der Waals surface area contributed by atoms with E-state index >= 15 is 0 Å². The molecule has 2 aliphatic rings. The van der Waals surface area contributed by atoms with Crippen LogP contribution in [-0.2, 0) is 25.8 Å². The van der Waals surface area contributed by atoms with Crippen LogP contribution in [0.5, 0.6) is 5.75 Å². The van der Waals surface area contributed by atoms with Crippen molar-refractivity contribution in [3.05, 3.63) is 70.4 Å². The molecular formula is C25H27N3O3. The Hall–Kier alpha value is -3.12. The molecule has 0 spiro atoms. The van der Waals surface area contributed by atoms with E-state index in [1.807, 2.05) is 24.3 Å². The summed E-state index contributed by atoms with van der Waals surface area (Å²) in [7, 11) is 0. The van der Waals surface area contributed by atoms with Gasteiger partial charge in [-0.25, -0.2) is 0 Å². The monoisotopic (exact) mass is 417 g/mol. The number of nitrogens with zero attached hydrogens (tertiary/aromatic N) is 2. The fourth-order valence-corrected chi connectivity index (χ4v) is 4.96. The van der Waals surface area contributed by atoms with E-state index in [-0.39, 0.29) is 29.7 Å². The van der Waals surface area contributed by atoms with Crippen LogP contribution in [0.15, 0.2) is 42.5 Å². The van der Waals surface area contributed by atoms with Crippen molar-refractivity contribution >= 4 is 5.91 Å². The van der Waals surface area contributed by atoms with E-state index in [1.165, 1.54) is 11.3 Å². The van der Waals surface area contributed by atoms with Crippen LogP contribution >= 0.6 is 0 Å². The smallest absolute Gasteiger partial charge is 0.254 e. The maximum atomic E-state index is 13.1. The van der Waals surface area contributed by atoms with Gasteiger partial charge in [-0.15, -0.1) is 0 Å². The molecule has 3 aromatic rings. The number of nitrogens with one attached hydrogen (secondary N) is 1. The fraction of sp³-hybridized carbons (Fsp3) is 0.360. The average molecular weight is 418 g/mol. The van der Waals surface area contributed by atoms with E-state index in [1.54, 1.807) is 17.0 Å². The Morgan fingerprint density at radius 3 is 2.68 bits per heavy atom. The number of carbonyl (C=O) groups is 1. The number of aromatic amines is 1. The lowest BCUT2D eigenvalue weighted by atomic mass is 9.90. The molecule has 5 rings (SSSR count). The van der Waals surface area contributed by atoms with Crippen molar-refractivity contribution in [2.75, 3.05) is 6.61 Å². The van der Waals surface area contributed by atoms with Gasteiger partial charge in [-0.05, 0) is 60.1 Å². The number of benzene rings is 2. The number of aliphatic hydroxyl groups excluding tert-OH is 1. The Labute approximate surface area is 181 Å². The molecule has 160 valence electrons. The average Bonchev–Trinajstić information content (AvgIpc) is 3.37. The van der Waals surface area contributed by atoms with Gasteiger partial charge < -0.3 is 15.1 Å². The summed E-state index contributed by atoms with van der Waals surface area (Å²) < 4.78 is 0. The number of fused-ring (bicyclic) bond motifs is 2. The number of aromatic hydroxyl groups is 1. The zero-order chi connectivity index (χ0) is 21.8. The van der Waals surface area contributed by atoms with E-state index in [4.69, 9.17) is 0 Å². The number of hydrogen-bond donors (Lipinski definition) is 3. The number of hydrogen-bond acceptors (Lipinski definition) is 4. The van der Waals surface area contributed by atoms with Gasteiger partial charge in [-0.2, -0.15) is 5.10 Å².